The summed E-state index contributed by atoms with van der Waals surface area (Å²) in [5, 5.41) is 2.56. The highest BCUT2D eigenvalue weighted by Gasteiger charge is 2.25. The van der Waals surface area contributed by atoms with Gasteiger partial charge in [0.1, 0.15) is 17.7 Å². The highest BCUT2D eigenvalue weighted by atomic mass is 32.2. The zero-order chi connectivity index (χ0) is 21.4. The topological polar surface area (TPSA) is 87.3 Å². The van der Waals surface area contributed by atoms with Crippen molar-refractivity contribution >= 4 is 29.5 Å². The van der Waals surface area contributed by atoms with E-state index in [4.69, 9.17) is 0 Å². The van der Waals surface area contributed by atoms with Crippen LogP contribution in [0.25, 0.3) is 0 Å². The molecule has 3 N–H and O–H groups in total. The Morgan fingerprint density at radius 3 is 2.24 bits per heavy atom. The molecule has 29 heavy (non-hydrogen) atoms. The Morgan fingerprint density at radius 2 is 1.62 bits per heavy atom. The quantitative estimate of drug-likeness (QED) is 0.474. The zero-order valence-electron chi connectivity index (χ0n) is 15.9. The fourth-order valence-corrected chi connectivity index (χ4v) is 3.05. The van der Waals surface area contributed by atoms with E-state index in [0.29, 0.717) is 4.90 Å². The minimum absolute atomic E-state index is 0.102. The van der Waals surface area contributed by atoms with Crippen LogP contribution in [0.2, 0.25) is 0 Å². The highest BCUT2D eigenvalue weighted by Crippen LogP contribution is 2.20. The average Bonchev–Trinajstić information content (AvgIpc) is 2.69. The molecule has 9 heteroatoms. The summed E-state index contributed by atoms with van der Waals surface area (Å²) in [6.07, 6.45) is 0. The summed E-state index contributed by atoms with van der Waals surface area (Å²) in [6, 6.07) is 10.0. The summed E-state index contributed by atoms with van der Waals surface area (Å²) in [5.74, 6) is -2.97. The van der Waals surface area contributed by atoms with Crippen molar-refractivity contribution in [1.29, 1.82) is 0 Å². The molecule has 0 aliphatic carbocycles. The summed E-state index contributed by atoms with van der Waals surface area (Å²) in [6.45, 7) is 3.45. The lowest BCUT2D eigenvalue weighted by molar-refractivity contribution is -0.129. The molecule has 0 saturated heterocycles. The zero-order valence-corrected chi connectivity index (χ0v) is 16.7. The van der Waals surface area contributed by atoms with Crippen molar-refractivity contribution in [3.63, 3.8) is 0 Å². The summed E-state index contributed by atoms with van der Waals surface area (Å²) in [5.41, 5.74) is 4.71. The molecule has 2 aromatic rings. The number of hydrazine groups is 1. The lowest BCUT2D eigenvalue weighted by Gasteiger charge is -2.22. The minimum Gasteiger partial charge on any atom is -0.340 e. The molecule has 2 rings (SSSR count). The third kappa shape index (κ3) is 6.86. The fraction of sp³-hybridized carbons (Fsp3) is 0.250. The molecule has 0 bridgehead atoms. The summed E-state index contributed by atoms with van der Waals surface area (Å²) >= 11 is 0.992. The molecular formula is C20H21F2N3O3S. The first kappa shape index (κ1) is 22.4. The van der Waals surface area contributed by atoms with Crippen LogP contribution in [-0.4, -0.2) is 29.5 Å². The molecule has 0 fully saturated rings. The van der Waals surface area contributed by atoms with Crippen molar-refractivity contribution in [1.82, 2.24) is 16.2 Å². The Morgan fingerprint density at radius 1 is 0.966 bits per heavy atom. The van der Waals surface area contributed by atoms with Crippen LogP contribution in [0.4, 0.5) is 8.78 Å². The van der Waals surface area contributed by atoms with Gasteiger partial charge in [-0.2, -0.15) is 0 Å². The standard InChI is InChI=1S/C20H21F2N3O3S/c1-12(2)18(23-19(27)13-7-9-14(21)10-8-13)20(28)25-24-17(26)11-29-16-6-4-3-5-15(16)22/h3-10,12,18H,11H2,1-2H3,(H,23,27)(H,24,26)(H,25,28). The van der Waals surface area contributed by atoms with Gasteiger partial charge in [-0.1, -0.05) is 26.0 Å². The second-order valence-electron chi connectivity index (χ2n) is 6.46. The Bertz CT molecular complexity index is 876. The number of carbonyl (C=O) groups excluding carboxylic acids is 3. The minimum atomic E-state index is -0.924. The largest absolute Gasteiger partial charge is 0.340 e. The number of benzene rings is 2. The molecule has 0 aliphatic rings. The van der Waals surface area contributed by atoms with Gasteiger partial charge in [0.2, 0.25) is 5.91 Å². The number of nitrogens with one attached hydrogen (secondary N) is 3. The number of carbonyl (C=O) groups is 3. The van der Waals surface area contributed by atoms with Crippen molar-refractivity contribution in [2.24, 2.45) is 5.92 Å². The van der Waals surface area contributed by atoms with Gasteiger partial charge in [-0.05, 0) is 42.3 Å². The van der Waals surface area contributed by atoms with Crippen LogP contribution in [0.1, 0.15) is 24.2 Å². The predicted molar refractivity (Wildman–Crippen MR) is 106 cm³/mol. The van der Waals surface area contributed by atoms with Gasteiger partial charge in [-0.25, -0.2) is 8.78 Å². The van der Waals surface area contributed by atoms with Crippen molar-refractivity contribution in [3.8, 4) is 0 Å². The molecule has 6 nitrogen and oxygen atoms in total. The second-order valence-corrected chi connectivity index (χ2v) is 7.48. The Labute approximate surface area is 171 Å². The van der Waals surface area contributed by atoms with Gasteiger partial charge in [-0.3, -0.25) is 25.2 Å². The monoisotopic (exact) mass is 421 g/mol. The Kier molecular flexibility index (Phi) is 8.14. The maximum Gasteiger partial charge on any atom is 0.261 e. The van der Waals surface area contributed by atoms with E-state index >= 15 is 0 Å². The maximum atomic E-state index is 13.5. The summed E-state index contributed by atoms with van der Waals surface area (Å²) in [7, 11) is 0. The van der Waals surface area contributed by atoms with E-state index in [2.05, 4.69) is 16.2 Å². The van der Waals surface area contributed by atoms with Crippen LogP contribution in [0, 0.1) is 17.6 Å². The molecule has 0 aromatic heterocycles. The highest BCUT2D eigenvalue weighted by molar-refractivity contribution is 8.00. The molecule has 0 heterocycles. The molecule has 1 atom stereocenters. The Balaban J connectivity index is 1.87. The molecule has 154 valence electrons. The second kappa shape index (κ2) is 10.6. The third-order valence-electron chi connectivity index (χ3n) is 3.86. The first-order chi connectivity index (χ1) is 13.8. The van der Waals surface area contributed by atoms with E-state index in [-0.39, 0.29) is 17.2 Å². The number of rotatable bonds is 7. The molecule has 0 spiro atoms. The molecule has 0 radical (unpaired) electrons. The van der Waals surface area contributed by atoms with Gasteiger partial charge in [0.05, 0.1) is 5.75 Å². The SMILES string of the molecule is CC(C)C(NC(=O)c1ccc(F)cc1)C(=O)NNC(=O)CSc1ccccc1F. The number of thioether (sulfide) groups is 1. The first-order valence-corrected chi connectivity index (χ1v) is 9.79. The van der Waals surface area contributed by atoms with E-state index in [1.165, 1.54) is 18.2 Å². The lowest BCUT2D eigenvalue weighted by Crippen LogP contribution is -2.54. The van der Waals surface area contributed by atoms with Crippen LogP contribution >= 0.6 is 11.8 Å². The van der Waals surface area contributed by atoms with Crippen LogP contribution in [0.5, 0.6) is 0 Å². The molecule has 3 amide bonds. The summed E-state index contributed by atoms with van der Waals surface area (Å²) in [4.78, 5) is 36.9. The van der Waals surface area contributed by atoms with E-state index in [0.717, 1.165) is 23.9 Å². The third-order valence-corrected chi connectivity index (χ3v) is 4.91. The molecule has 0 aliphatic heterocycles. The predicted octanol–water partition coefficient (Wildman–Crippen LogP) is 2.66. The number of hydrogen-bond acceptors (Lipinski definition) is 4. The number of halogens is 2. The molecule has 0 saturated carbocycles. The average molecular weight is 421 g/mol. The van der Waals surface area contributed by atoms with Crippen LogP contribution in [0.3, 0.4) is 0 Å². The van der Waals surface area contributed by atoms with E-state index in [9.17, 15) is 23.2 Å². The lowest BCUT2D eigenvalue weighted by atomic mass is 10.0. The molecule has 2 aromatic carbocycles. The summed E-state index contributed by atoms with van der Waals surface area (Å²) < 4.78 is 26.5. The fourth-order valence-electron chi connectivity index (χ4n) is 2.31. The van der Waals surface area contributed by atoms with Gasteiger partial charge in [0.25, 0.3) is 11.8 Å². The van der Waals surface area contributed by atoms with Crippen LogP contribution in [-0.2, 0) is 9.59 Å². The van der Waals surface area contributed by atoms with Crippen LogP contribution < -0.4 is 16.2 Å². The van der Waals surface area contributed by atoms with Crippen molar-refractivity contribution in [2.45, 2.75) is 24.8 Å². The number of hydrogen-bond donors (Lipinski definition) is 3. The van der Waals surface area contributed by atoms with Crippen LogP contribution in [0.15, 0.2) is 53.4 Å². The van der Waals surface area contributed by atoms with Gasteiger partial charge >= 0.3 is 0 Å². The van der Waals surface area contributed by atoms with Gasteiger partial charge in [0.15, 0.2) is 0 Å². The molecule has 1 unspecified atom stereocenters. The van der Waals surface area contributed by atoms with E-state index < -0.39 is 35.4 Å². The van der Waals surface area contributed by atoms with Crippen molar-refractivity contribution in [2.75, 3.05) is 5.75 Å². The molecular weight excluding hydrogens is 400 g/mol. The Hall–Kier alpha value is -2.94. The number of amides is 3. The van der Waals surface area contributed by atoms with Gasteiger partial charge in [0, 0.05) is 10.5 Å². The van der Waals surface area contributed by atoms with Crippen molar-refractivity contribution < 1.29 is 23.2 Å². The van der Waals surface area contributed by atoms with Gasteiger partial charge in [-0.15, -0.1) is 11.8 Å². The maximum absolute atomic E-state index is 13.5. The van der Waals surface area contributed by atoms with Gasteiger partial charge < -0.3 is 5.32 Å². The normalized spacial score (nSPS) is 11.6. The van der Waals surface area contributed by atoms with E-state index in [1.807, 2.05) is 0 Å². The van der Waals surface area contributed by atoms with E-state index in [1.54, 1.807) is 32.0 Å². The smallest absolute Gasteiger partial charge is 0.261 e. The first-order valence-electron chi connectivity index (χ1n) is 8.80. The van der Waals surface area contributed by atoms with Crippen molar-refractivity contribution in [3.05, 3.63) is 65.7 Å².